The van der Waals surface area contributed by atoms with Crippen molar-refractivity contribution < 1.29 is 10.2 Å². The van der Waals surface area contributed by atoms with E-state index in [0.29, 0.717) is 23.5 Å². The topological polar surface area (TPSA) is 40.5 Å². The Kier molecular flexibility index (Phi) is 6.53. The maximum Gasteiger partial charge on any atom is 0.158 e. The first-order valence-electron chi connectivity index (χ1n) is 8.05. The largest absolute Gasteiger partial charge is 0.508 e. The van der Waals surface area contributed by atoms with Crippen molar-refractivity contribution in [2.45, 2.75) is 41.5 Å². The van der Waals surface area contributed by atoms with Gasteiger partial charge in [0.15, 0.2) is 5.75 Å². The van der Waals surface area contributed by atoms with E-state index in [1.54, 1.807) is 12.1 Å². The van der Waals surface area contributed by atoms with E-state index in [2.05, 4.69) is 41.5 Å². The predicted octanol–water partition coefficient (Wildman–Crippen LogP) is 4.71. The Morgan fingerprint density at radius 2 is 1.24 bits per heavy atom. The van der Waals surface area contributed by atoms with E-state index in [-0.39, 0.29) is 5.75 Å². The van der Waals surface area contributed by atoms with Gasteiger partial charge in [0, 0.05) is 6.07 Å². The van der Waals surface area contributed by atoms with Crippen LogP contribution >= 0.6 is 7.26 Å². The van der Waals surface area contributed by atoms with Gasteiger partial charge in [0.25, 0.3) is 0 Å². The van der Waals surface area contributed by atoms with E-state index in [4.69, 9.17) is 0 Å². The van der Waals surface area contributed by atoms with Crippen molar-refractivity contribution in [2.24, 2.45) is 17.8 Å². The summed E-state index contributed by atoms with van der Waals surface area (Å²) in [5.74, 6) is 2.42. The summed E-state index contributed by atoms with van der Waals surface area (Å²) in [4.78, 5) is 0. The Morgan fingerprint density at radius 1 is 0.810 bits per heavy atom. The van der Waals surface area contributed by atoms with Gasteiger partial charge < -0.3 is 10.2 Å². The Bertz CT molecular complexity index is 426. The van der Waals surface area contributed by atoms with Crippen LogP contribution in [-0.2, 0) is 0 Å². The molecule has 0 heterocycles. The summed E-state index contributed by atoms with van der Waals surface area (Å²) >= 11 is 0. The molecule has 0 aromatic heterocycles. The highest BCUT2D eigenvalue weighted by Crippen LogP contribution is 2.62. The van der Waals surface area contributed by atoms with Gasteiger partial charge in [0.2, 0.25) is 0 Å². The highest BCUT2D eigenvalue weighted by atomic mass is 31.2. The maximum absolute atomic E-state index is 10.4. The van der Waals surface area contributed by atoms with Gasteiger partial charge in [0.05, 0.1) is 25.7 Å². The molecule has 0 spiro atoms. The van der Waals surface area contributed by atoms with Gasteiger partial charge in [0.1, 0.15) is 11.1 Å². The van der Waals surface area contributed by atoms with Crippen molar-refractivity contribution in [1.29, 1.82) is 0 Å². The molecule has 2 N–H and O–H groups in total. The third-order valence-corrected chi connectivity index (χ3v) is 9.28. The normalized spacial score (nSPS) is 12.6. The summed E-state index contributed by atoms with van der Waals surface area (Å²) < 4.78 is 0. The Hall–Kier alpha value is -0.750. The van der Waals surface area contributed by atoms with E-state index >= 15 is 0 Å². The molecule has 120 valence electrons. The molecule has 0 radical (unpaired) electrons. The Labute approximate surface area is 130 Å². The molecule has 0 aliphatic carbocycles. The van der Waals surface area contributed by atoms with E-state index in [9.17, 15) is 10.2 Å². The molecule has 1 rings (SSSR count). The van der Waals surface area contributed by atoms with Crippen LogP contribution in [0.4, 0.5) is 0 Å². The highest BCUT2D eigenvalue weighted by Gasteiger charge is 2.44. The molecule has 3 heteroatoms. The second-order valence-corrected chi connectivity index (χ2v) is 11.4. The van der Waals surface area contributed by atoms with Crippen LogP contribution in [0, 0.1) is 17.8 Å². The second kappa shape index (κ2) is 7.49. The Morgan fingerprint density at radius 3 is 1.62 bits per heavy atom. The minimum atomic E-state index is -1.49. The van der Waals surface area contributed by atoms with Crippen molar-refractivity contribution in [2.75, 3.05) is 18.5 Å². The van der Waals surface area contributed by atoms with Gasteiger partial charge in [-0.2, -0.15) is 0 Å². The van der Waals surface area contributed by atoms with Crippen LogP contribution in [0.3, 0.4) is 0 Å². The van der Waals surface area contributed by atoms with Crippen LogP contribution in [0.15, 0.2) is 18.2 Å². The fraction of sp³-hybridized carbons (Fsp3) is 0.667. The molecule has 1 aromatic carbocycles. The summed E-state index contributed by atoms with van der Waals surface area (Å²) in [6.07, 6.45) is 3.42. The average molecular weight is 311 g/mol. The molecule has 1 aromatic rings. The molecule has 0 amide bonds. The van der Waals surface area contributed by atoms with Crippen molar-refractivity contribution in [3.63, 3.8) is 0 Å². The van der Waals surface area contributed by atoms with Gasteiger partial charge in [-0.25, -0.2) is 0 Å². The average Bonchev–Trinajstić information content (AvgIpc) is 2.29. The fourth-order valence-electron chi connectivity index (χ4n) is 3.51. The van der Waals surface area contributed by atoms with Gasteiger partial charge in [-0.1, -0.05) is 41.5 Å². The molecule has 21 heavy (non-hydrogen) atoms. The smallest absolute Gasteiger partial charge is 0.158 e. The minimum absolute atomic E-state index is 0.267. The van der Waals surface area contributed by atoms with E-state index < -0.39 is 7.26 Å². The molecule has 0 atom stereocenters. The lowest BCUT2D eigenvalue weighted by Gasteiger charge is -2.32. The zero-order valence-electron chi connectivity index (χ0n) is 14.4. The maximum atomic E-state index is 10.4. The number of hydrogen-bond donors (Lipinski definition) is 2. The first-order valence-corrected chi connectivity index (χ1v) is 10.4. The highest BCUT2D eigenvalue weighted by molar-refractivity contribution is 7.83. The number of hydrogen-bond acceptors (Lipinski definition) is 2. The van der Waals surface area contributed by atoms with Crippen molar-refractivity contribution >= 4 is 12.6 Å². The summed E-state index contributed by atoms with van der Waals surface area (Å²) in [7, 11) is -1.49. The zero-order chi connectivity index (χ0) is 16.2. The molecular formula is C18H32O2P+. The third kappa shape index (κ3) is 5.18. The summed E-state index contributed by atoms with van der Waals surface area (Å²) in [5, 5.41) is 21.4. The number of aromatic hydroxyl groups is 2. The van der Waals surface area contributed by atoms with Gasteiger partial charge in [-0.05, 0) is 29.9 Å². The fourth-order valence-corrected chi connectivity index (χ4v) is 9.71. The molecule has 0 fully saturated rings. The van der Waals surface area contributed by atoms with Crippen LogP contribution in [0.5, 0.6) is 11.5 Å². The summed E-state index contributed by atoms with van der Waals surface area (Å²) in [6.45, 7) is 13.6. The minimum Gasteiger partial charge on any atom is -0.508 e. The van der Waals surface area contributed by atoms with Crippen LogP contribution in [0.25, 0.3) is 0 Å². The third-order valence-electron chi connectivity index (χ3n) is 3.61. The number of benzene rings is 1. The molecule has 0 saturated heterocycles. The van der Waals surface area contributed by atoms with Crippen molar-refractivity contribution in [3.8, 4) is 11.5 Å². The SMILES string of the molecule is CC(C)C[P+](CC(C)C)(CC(C)C)c1cc(O)ccc1O. The molecular weight excluding hydrogens is 279 g/mol. The second-order valence-electron chi connectivity index (χ2n) is 7.55. The lowest BCUT2D eigenvalue weighted by atomic mass is 10.3. The quantitative estimate of drug-likeness (QED) is 0.565. The number of rotatable bonds is 7. The standard InChI is InChI=1S/C18H31O2P/c1-13(2)10-21(11-14(3)4,12-15(5)6)18-9-16(19)7-8-17(18)20/h7-9,13-15H,10-12H2,1-6H3,(H-,19,20)/p+1. The summed E-state index contributed by atoms with van der Waals surface area (Å²) in [5.41, 5.74) is 0. The van der Waals surface area contributed by atoms with E-state index in [1.165, 1.54) is 0 Å². The van der Waals surface area contributed by atoms with Gasteiger partial charge in [-0.15, -0.1) is 0 Å². The number of phenolic OH excluding ortho intramolecular Hbond substituents is 2. The van der Waals surface area contributed by atoms with E-state index in [0.717, 1.165) is 23.8 Å². The van der Waals surface area contributed by atoms with Gasteiger partial charge in [-0.3, -0.25) is 0 Å². The van der Waals surface area contributed by atoms with Crippen LogP contribution < -0.4 is 5.30 Å². The Balaban J connectivity index is 3.40. The molecule has 0 aliphatic heterocycles. The van der Waals surface area contributed by atoms with Crippen LogP contribution in [0.1, 0.15) is 41.5 Å². The first-order chi connectivity index (χ1) is 9.66. The molecule has 0 unspecified atom stereocenters. The first kappa shape index (κ1) is 18.3. The van der Waals surface area contributed by atoms with Crippen molar-refractivity contribution in [1.82, 2.24) is 0 Å². The number of phenols is 2. The summed E-state index contributed by atoms with van der Waals surface area (Å²) in [6, 6.07) is 5.05. The van der Waals surface area contributed by atoms with Crippen molar-refractivity contribution in [3.05, 3.63) is 18.2 Å². The van der Waals surface area contributed by atoms with Crippen LogP contribution in [-0.4, -0.2) is 28.7 Å². The zero-order valence-corrected chi connectivity index (χ0v) is 15.3. The lowest BCUT2D eigenvalue weighted by Crippen LogP contribution is -2.27. The van der Waals surface area contributed by atoms with Crippen LogP contribution in [0.2, 0.25) is 0 Å². The predicted molar refractivity (Wildman–Crippen MR) is 95.4 cm³/mol. The lowest BCUT2D eigenvalue weighted by molar-refractivity contribution is 0.463. The van der Waals surface area contributed by atoms with Gasteiger partial charge >= 0.3 is 0 Å². The monoisotopic (exact) mass is 311 g/mol. The molecule has 0 saturated carbocycles. The molecule has 0 bridgehead atoms. The molecule has 2 nitrogen and oxygen atoms in total. The van der Waals surface area contributed by atoms with E-state index in [1.807, 2.05) is 6.07 Å². The molecule has 0 aliphatic rings.